The van der Waals surface area contributed by atoms with E-state index in [1.54, 1.807) is 19.2 Å². The largest absolute Gasteiger partial charge is 0.497 e. The Morgan fingerprint density at radius 1 is 1.23 bits per heavy atom. The number of methoxy groups -OCH3 is 1. The zero-order valence-corrected chi connectivity index (χ0v) is 16.2. The molecule has 0 aromatic heterocycles. The molecule has 0 heterocycles. The summed E-state index contributed by atoms with van der Waals surface area (Å²) >= 11 is 6.04. The molecule has 0 spiro atoms. The third-order valence-electron chi connectivity index (χ3n) is 4.74. The standard InChI is InChI=1S/C19H21ClFNO3S/c1-13(15-5-6-15)22(12-14-3-8-17(25-2)9-4-14)26(23,24)19-10-7-16(21)11-18(19)20/h3-4,7-11,13,15H,5-6,12H2,1-2H3. The van der Waals surface area contributed by atoms with Gasteiger partial charge in [-0.2, -0.15) is 4.31 Å². The number of halogens is 2. The van der Waals surface area contributed by atoms with E-state index in [-0.39, 0.29) is 22.5 Å². The van der Waals surface area contributed by atoms with E-state index in [4.69, 9.17) is 16.3 Å². The van der Waals surface area contributed by atoms with Crippen molar-refractivity contribution in [2.24, 2.45) is 5.92 Å². The topological polar surface area (TPSA) is 46.6 Å². The van der Waals surface area contributed by atoms with Crippen LogP contribution in [0.2, 0.25) is 5.02 Å². The normalized spacial score (nSPS) is 15.9. The molecular weight excluding hydrogens is 377 g/mol. The first kappa shape index (κ1) is 19.1. The van der Waals surface area contributed by atoms with E-state index < -0.39 is 15.8 Å². The lowest BCUT2D eigenvalue weighted by Gasteiger charge is -2.29. The third-order valence-corrected chi connectivity index (χ3v) is 7.15. The van der Waals surface area contributed by atoms with Crippen molar-refractivity contribution in [3.8, 4) is 5.75 Å². The van der Waals surface area contributed by atoms with Crippen LogP contribution in [0, 0.1) is 11.7 Å². The van der Waals surface area contributed by atoms with Crippen LogP contribution in [0.25, 0.3) is 0 Å². The van der Waals surface area contributed by atoms with E-state index in [0.29, 0.717) is 11.7 Å². The van der Waals surface area contributed by atoms with Gasteiger partial charge in [0.25, 0.3) is 0 Å². The first-order chi connectivity index (χ1) is 12.3. The molecule has 1 atom stereocenters. The molecule has 1 unspecified atom stereocenters. The molecule has 2 aromatic carbocycles. The maximum absolute atomic E-state index is 13.3. The van der Waals surface area contributed by atoms with Crippen LogP contribution in [-0.2, 0) is 16.6 Å². The van der Waals surface area contributed by atoms with Crippen LogP contribution in [0.1, 0.15) is 25.3 Å². The van der Waals surface area contributed by atoms with E-state index >= 15 is 0 Å². The van der Waals surface area contributed by atoms with Crippen LogP contribution in [-0.4, -0.2) is 25.9 Å². The average Bonchev–Trinajstić information content (AvgIpc) is 3.44. The number of hydrogen-bond donors (Lipinski definition) is 0. The first-order valence-corrected chi connectivity index (χ1v) is 10.2. The summed E-state index contributed by atoms with van der Waals surface area (Å²) in [5.74, 6) is 0.480. The smallest absolute Gasteiger partial charge is 0.245 e. The van der Waals surface area contributed by atoms with E-state index in [0.717, 1.165) is 30.5 Å². The number of rotatable bonds is 7. The lowest BCUT2D eigenvalue weighted by atomic mass is 10.1. The molecule has 1 aliphatic rings. The number of ether oxygens (including phenoxy) is 1. The summed E-state index contributed by atoms with van der Waals surface area (Å²) < 4.78 is 46.5. The highest BCUT2D eigenvalue weighted by Gasteiger charge is 2.39. The Kier molecular flexibility index (Phi) is 5.55. The van der Waals surface area contributed by atoms with Gasteiger partial charge in [0.05, 0.1) is 12.1 Å². The van der Waals surface area contributed by atoms with E-state index in [1.807, 2.05) is 19.1 Å². The zero-order chi connectivity index (χ0) is 18.9. The SMILES string of the molecule is COc1ccc(CN(C(C)C2CC2)S(=O)(=O)c2ccc(F)cc2Cl)cc1. The van der Waals surface area contributed by atoms with Crippen LogP contribution in [0.4, 0.5) is 4.39 Å². The first-order valence-electron chi connectivity index (χ1n) is 8.42. The van der Waals surface area contributed by atoms with Gasteiger partial charge >= 0.3 is 0 Å². The molecule has 3 rings (SSSR count). The minimum Gasteiger partial charge on any atom is -0.497 e. The van der Waals surface area contributed by atoms with Crippen molar-refractivity contribution in [2.45, 2.75) is 37.2 Å². The van der Waals surface area contributed by atoms with Gasteiger partial charge in [0.15, 0.2) is 0 Å². The molecule has 1 saturated carbocycles. The highest BCUT2D eigenvalue weighted by atomic mass is 35.5. The highest BCUT2D eigenvalue weighted by molar-refractivity contribution is 7.89. The average molecular weight is 398 g/mol. The lowest BCUT2D eigenvalue weighted by Crippen LogP contribution is -2.39. The van der Waals surface area contributed by atoms with Crippen LogP contribution >= 0.6 is 11.6 Å². The van der Waals surface area contributed by atoms with Crippen molar-refractivity contribution in [1.82, 2.24) is 4.31 Å². The maximum atomic E-state index is 13.3. The van der Waals surface area contributed by atoms with Crippen molar-refractivity contribution in [1.29, 1.82) is 0 Å². The lowest BCUT2D eigenvalue weighted by molar-refractivity contribution is 0.303. The quantitative estimate of drug-likeness (QED) is 0.692. The van der Waals surface area contributed by atoms with Gasteiger partial charge in [-0.1, -0.05) is 23.7 Å². The van der Waals surface area contributed by atoms with Crippen molar-refractivity contribution in [2.75, 3.05) is 7.11 Å². The van der Waals surface area contributed by atoms with Gasteiger partial charge in [0.1, 0.15) is 16.5 Å². The van der Waals surface area contributed by atoms with E-state index in [1.165, 1.54) is 10.4 Å². The molecular formula is C19H21ClFNO3S. The molecule has 140 valence electrons. The number of sulfonamides is 1. The van der Waals surface area contributed by atoms with Crippen molar-refractivity contribution in [3.63, 3.8) is 0 Å². The van der Waals surface area contributed by atoms with Gasteiger partial charge in [-0.3, -0.25) is 0 Å². The fourth-order valence-electron chi connectivity index (χ4n) is 2.98. The Labute approximate surface area is 158 Å². The van der Waals surface area contributed by atoms with Crippen molar-refractivity contribution in [3.05, 3.63) is 58.9 Å². The van der Waals surface area contributed by atoms with Crippen molar-refractivity contribution < 1.29 is 17.5 Å². The van der Waals surface area contributed by atoms with Gasteiger partial charge in [-0.25, -0.2) is 12.8 Å². The fraction of sp³-hybridized carbons (Fsp3) is 0.368. The minimum absolute atomic E-state index is 0.0680. The maximum Gasteiger partial charge on any atom is 0.245 e. The summed E-state index contributed by atoms with van der Waals surface area (Å²) in [5, 5.41) is -0.104. The molecule has 1 aliphatic carbocycles. The number of nitrogens with zero attached hydrogens (tertiary/aromatic N) is 1. The van der Waals surface area contributed by atoms with Crippen molar-refractivity contribution >= 4 is 21.6 Å². The predicted octanol–water partition coefficient (Wildman–Crippen LogP) is 4.48. The van der Waals surface area contributed by atoms with Crippen LogP contribution in [0.3, 0.4) is 0 Å². The Hall–Kier alpha value is -1.63. The molecule has 7 heteroatoms. The molecule has 0 amide bonds. The molecule has 4 nitrogen and oxygen atoms in total. The van der Waals surface area contributed by atoms with Gasteiger partial charge in [-0.05, 0) is 61.6 Å². The molecule has 0 radical (unpaired) electrons. The summed E-state index contributed by atoms with van der Waals surface area (Å²) in [4.78, 5) is -0.0680. The summed E-state index contributed by atoms with van der Waals surface area (Å²) in [5.41, 5.74) is 0.847. The van der Waals surface area contributed by atoms with E-state index in [2.05, 4.69) is 0 Å². The number of hydrogen-bond acceptors (Lipinski definition) is 3. The fourth-order valence-corrected chi connectivity index (χ4v) is 5.17. The van der Waals surface area contributed by atoms with Crippen LogP contribution in [0.15, 0.2) is 47.4 Å². The molecule has 0 saturated heterocycles. The van der Waals surface area contributed by atoms with Gasteiger partial charge in [0, 0.05) is 12.6 Å². The molecule has 1 fully saturated rings. The Morgan fingerprint density at radius 3 is 2.42 bits per heavy atom. The molecule has 26 heavy (non-hydrogen) atoms. The van der Waals surface area contributed by atoms with E-state index in [9.17, 15) is 12.8 Å². The Balaban J connectivity index is 1.96. The highest BCUT2D eigenvalue weighted by Crippen LogP contribution is 2.38. The zero-order valence-electron chi connectivity index (χ0n) is 14.7. The summed E-state index contributed by atoms with van der Waals surface area (Å²) in [6.07, 6.45) is 2.01. The summed E-state index contributed by atoms with van der Waals surface area (Å²) in [7, 11) is -2.28. The molecule has 0 bridgehead atoms. The molecule has 0 N–H and O–H groups in total. The second-order valence-electron chi connectivity index (χ2n) is 6.55. The Bertz CT molecular complexity index is 882. The second kappa shape index (κ2) is 7.55. The second-order valence-corrected chi connectivity index (χ2v) is 8.82. The van der Waals surface area contributed by atoms with Gasteiger partial charge < -0.3 is 4.74 Å². The summed E-state index contributed by atoms with van der Waals surface area (Å²) in [6.45, 7) is 2.13. The monoisotopic (exact) mass is 397 g/mol. The molecule has 2 aromatic rings. The Morgan fingerprint density at radius 2 is 1.88 bits per heavy atom. The molecule has 0 aliphatic heterocycles. The van der Waals surface area contributed by atoms with Crippen LogP contribution < -0.4 is 4.74 Å². The summed E-state index contributed by atoms with van der Waals surface area (Å²) in [6, 6.07) is 10.5. The van der Waals surface area contributed by atoms with Gasteiger partial charge in [-0.15, -0.1) is 0 Å². The third kappa shape index (κ3) is 4.03. The predicted molar refractivity (Wildman–Crippen MR) is 99.3 cm³/mol. The van der Waals surface area contributed by atoms with Gasteiger partial charge in [0.2, 0.25) is 10.0 Å². The minimum atomic E-state index is -3.86. The number of benzene rings is 2. The van der Waals surface area contributed by atoms with Crippen LogP contribution in [0.5, 0.6) is 5.75 Å².